The van der Waals surface area contributed by atoms with E-state index in [0.29, 0.717) is 10.6 Å². The van der Waals surface area contributed by atoms with Crippen molar-refractivity contribution < 1.29 is 14.4 Å². The van der Waals surface area contributed by atoms with Crippen molar-refractivity contribution in [1.29, 1.82) is 0 Å². The third-order valence-corrected chi connectivity index (χ3v) is 5.37. The molecule has 1 fully saturated rings. The van der Waals surface area contributed by atoms with Gasteiger partial charge in [0.05, 0.1) is 4.91 Å². The Balaban J connectivity index is 1.68. The summed E-state index contributed by atoms with van der Waals surface area (Å²) in [6.45, 7) is 3.60. The van der Waals surface area contributed by atoms with Crippen LogP contribution in [0.1, 0.15) is 15.3 Å². The molecule has 0 spiro atoms. The second-order valence-electron chi connectivity index (χ2n) is 5.63. The first kappa shape index (κ1) is 17.4. The summed E-state index contributed by atoms with van der Waals surface area (Å²) in [4.78, 5) is 40.0. The fraction of sp³-hybridized carbons (Fsp3) is 0.167. The summed E-state index contributed by atoms with van der Waals surface area (Å²) in [5, 5.41) is 2.28. The van der Waals surface area contributed by atoms with E-state index in [1.807, 2.05) is 44.2 Å². The van der Waals surface area contributed by atoms with Crippen LogP contribution in [0.15, 0.2) is 41.3 Å². The zero-order valence-corrected chi connectivity index (χ0v) is 15.4. The van der Waals surface area contributed by atoms with Crippen molar-refractivity contribution in [1.82, 2.24) is 4.90 Å². The van der Waals surface area contributed by atoms with E-state index in [9.17, 15) is 14.4 Å². The second kappa shape index (κ2) is 7.25. The zero-order chi connectivity index (χ0) is 18.0. The average Bonchev–Trinajstić information content (AvgIpc) is 3.06. The first-order valence-electron chi connectivity index (χ1n) is 7.61. The Hall–Kier alpha value is -2.38. The first-order valence-corrected chi connectivity index (χ1v) is 9.24. The maximum atomic E-state index is 12.4. The molecule has 5 nitrogen and oxygen atoms in total. The third kappa shape index (κ3) is 4.18. The molecule has 0 atom stereocenters. The molecule has 1 aromatic heterocycles. The number of hydrogen-bond donors (Lipinski definition) is 1. The van der Waals surface area contributed by atoms with Crippen molar-refractivity contribution in [2.24, 2.45) is 0 Å². The van der Waals surface area contributed by atoms with Gasteiger partial charge in [-0.05, 0) is 61.5 Å². The van der Waals surface area contributed by atoms with E-state index in [1.54, 1.807) is 23.5 Å². The molecule has 0 unspecified atom stereocenters. The molecule has 2 heterocycles. The lowest BCUT2D eigenvalue weighted by Gasteiger charge is -2.12. The molecule has 1 aliphatic rings. The van der Waals surface area contributed by atoms with Crippen molar-refractivity contribution in [3.05, 3.63) is 56.6 Å². The Labute approximate surface area is 153 Å². The summed E-state index contributed by atoms with van der Waals surface area (Å²) < 4.78 is 0. The molecule has 0 radical (unpaired) electrons. The minimum absolute atomic E-state index is 0.292. The van der Waals surface area contributed by atoms with Crippen LogP contribution in [0.25, 0.3) is 6.08 Å². The van der Waals surface area contributed by atoms with Gasteiger partial charge in [-0.3, -0.25) is 19.3 Å². The monoisotopic (exact) mass is 372 g/mol. The lowest BCUT2D eigenvalue weighted by atomic mass is 10.2. The maximum Gasteiger partial charge on any atom is 0.294 e. The Kier molecular flexibility index (Phi) is 5.06. The molecule has 1 aromatic carbocycles. The quantitative estimate of drug-likeness (QED) is 0.823. The standard InChI is InChI=1S/C18H16N2O3S2/c1-11-4-3-5-13(8-11)19-16(21)10-20-17(22)15(25-18(20)23)9-14-7-6-12(2)24-14/h3-9H,10H2,1-2H3,(H,19,21)/b15-9-. The van der Waals surface area contributed by atoms with E-state index in [1.165, 1.54) is 0 Å². The van der Waals surface area contributed by atoms with Gasteiger partial charge in [-0.1, -0.05) is 12.1 Å². The normalized spacial score (nSPS) is 15.9. The summed E-state index contributed by atoms with van der Waals surface area (Å²) in [7, 11) is 0. The number of imide groups is 1. The maximum absolute atomic E-state index is 12.4. The van der Waals surface area contributed by atoms with Crippen LogP contribution in [0.3, 0.4) is 0 Å². The van der Waals surface area contributed by atoms with Crippen molar-refractivity contribution >= 4 is 51.9 Å². The molecule has 3 rings (SSSR count). The summed E-state index contributed by atoms with van der Waals surface area (Å²) >= 11 is 2.41. The van der Waals surface area contributed by atoms with Gasteiger partial charge in [0.15, 0.2) is 0 Å². The number of carbonyl (C=O) groups excluding carboxylic acids is 3. The Bertz CT molecular complexity index is 886. The number of benzene rings is 1. The molecule has 1 N–H and O–H groups in total. The molecule has 0 bridgehead atoms. The van der Waals surface area contributed by atoms with Crippen LogP contribution in [-0.4, -0.2) is 28.5 Å². The van der Waals surface area contributed by atoms with E-state index in [0.717, 1.165) is 32.0 Å². The van der Waals surface area contributed by atoms with Gasteiger partial charge in [0.1, 0.15) is 6.54 Å². The van der Waals surface area contributed by atoms with Gasteiger partial charge in [0, 0.05) is 15.4 Å². The average molecular weight is 372 g/mol. The summed E-state index contributed by atoms with van der Waals surface area (Å²) in [5.74, 6) is -0.832. The Morgan fingerprint density at radius 1 is 1.20 bits per heavy atom. The lowest BCUT2D eigenvalue weighted by molar-refractivity contribution is -0.127. The van der Waals surface area contributed by atoms with Crippen LogP contribution >= 0.6 is 23.1 Å². The molecule has 0 aliphatic carbocycles. The molecular formula is C18H16N2O3S2. The van der Waals surface area contributed by atoms with Gasteiger partial charge in [-0.2, -0.15) is 0 Å². The molecule has 128 valence electrons. The highest BCUT2D eigenvalue weighted by atomic mass is 32.2. The highest BCUT2D eigenvalue weighted by Crippen LogP contribution is 2.33. The number of thioether (sulfide) groups is 1. The van der Waals surface area contributed by atoms with Crippen LogP contribution in [0.5, 0.6) is 0 Å². The summed E-state index contributed by atoms with van der Waals surface area (Å²) in [6, 6.07) is 11.2. The number of nitrogens with zero attached hydrogens (tertiary/aromatic N) is 1. The second-order valence-corrected chi connectivity index (χ2v) is 7.95. The number of hydrogen-bond acceptors (Lipinski definition) is 5. The Morgan fingerprint density at radius 3 is 2.68 bits per heavy atom. The van der Waals surface area contributed by atoms with Crippen molar-refractivity contribution in [2.45, 2.75) is 13.8 Å². The van der Waals surface area contributed by atoms with Crippen LogP contribution in [0, 0.1) is 13.8 Å². The molecule has 25 heavy (non-hydrogen) atoms. The number of carbonyl (C=O) groups is 3. The minimum atomic E-state index is -0.430. The lowest BCUT2D eigenvalue weighted by Crippen LogP contribution is -2.36. The van der Waals surface area contributed by atoms with Gasteiger partial charge >= 0.3 is 0 Å². The fourth-order valence-corrected chi connectivity index (χ4v) is 4.09. The van der Waals surface area contributed by atoms with E-state index >= 15 is 0 Å². The smallest absolute Gasteiger partial charge is 0.294 e. The molecule has 1 saturated heterocycles. The third-order valence-electron chi connectivity index (χ3n) is 3.51. The molecular weight excluding hydrogens is 356 g/mol. The van der Waals surface area contributed by atoms with E-state index in [-0.39, 0.29) is 6.54 Å². The van der Waals surface area contributed by atoms with Crippen molar-refractivity contribution in [2.75, 3.05) is 11.9 Å². The van der Waals surface area contributed by atoms with Gasteiger partial charge in [0.25, 0.3) is 11.1 Å². The molecule has 0 saturated carbocycles. The molecule has 2 aromatic rings. The molecule has 7 heteroatoms. The van der Waals surface area contributed by atoms with E-state index in [4.69, 9.17) is 0 Å². The fourth-order valence-electron chi connectivity index (χ4n) is 2.36. The van der Waals surface area contributed by atoms with Gasteiger partial charge in [-0.25, -0.2) is 0 Å². The number of nitrogens with one attached hydrogen (secondary N) is 1. The molecule has 1 aliphatic heterocycles. The Morgan fingerprint density at radius 2 is 2.00 bits per heavy atom. The van der Waals surface area contributed by atoms with Gasteiger partial charge in [-0.15, -0.1) is 11.3 Å². The molecule has 3 amide bonds. The van der Waals surface area contributed by atoms with Crippen LogP contribution in [0.4, 0.5) is 10.5 Å². The SMILES string of the molecule is Cc1cccc(NC(=O)CN2C(=O)S/C(=C\c3ccc(C)s3)C2=O)c1. The van der Waals surface area contributed by atoms with Gasteiger partial charge in [0.2, 0.25) is 5.91 Å². The van der Waals surface area contributed by atoms with Crippen molar-refractivity contribution in [3.8, 4) is 0 Å². The number of rotatable bonds is 4. The van der Waals surface area contributed by atoms with Crippen molar-refractivity contribution in [3.63, 3.8) is 0 Å². The largest absolute Gasteiger partial charge is 0.325 e. The van der Waals surface area contributed by atoms with Crippen LogP contribution in [-0.2, 0) is 9.59 Å². The summed E-state index contributed by atoms with van der Waals surface area (Å²) in [6.07, 6.45) is 1.70. The number of thiophene rings is 1. The number of amides is 3. The minimum Gasteiger partial charge on any atom is -0.325 e. The predicted octanol–water partition coefficient (Wildman–Crippen LogP) is 4.04. The van der Waals surface area contributed by atoms with Crippen LogP contribution < -0.4 is 5.32 Å². The predicted molar refractivity (Wildman–Crippen MR) is 102 cm³/mol. The van der Waals surface area contributed by atoms with E-state index in [2.05, 4.69) is 5.32 Å². The van der Waals surface area contributed by atoms with E-state index < -0.39 is 17.1 Å². The van der Waals surface area contributed by atoms with Gasteiger partial charge < -0.3 is 5.32 Å². The van der Waals surface area contributed by atoms with Crippen LogP contribution in [0.2, 0.25) is 0 Å². The number of aryl methyl sites for hydroxylation is 2. The highest BCUT2D eigenvalue weighted by Gasteiger charge is 2.36. The highest BCUT2D eigenvalue weighted by molar-refractivity contribution is 8.18. The topological polar surface area (TPSA) is 66.5 Å². The first-order chi connectivity index (χ1) is 11.9. The number of anilines is 1. The zero-order valence-electron chi connectivity index (χ0n) is 13.7. The summed E-state index contributed by atoms with van der Waals surface area (Å²) in [5.41, 5.74) is 1.65.